The highest BCUT2D eigenvalue weighted by Gasteiger charge is 2.30. The van der Waals surface area contributed by atoms with Crippen LogP contribution in [0.1, 0.15) is 22.9 Å². The molecule has 1 aromatic carbocycles. The Morgan fingerprint density at radius 2 is 1.80 bits per heavy atom. The summed E-state index contributed by atoms with van der Waals surface area (Å²) in [5.41, 5.74) is 0.731. The molecule has 0 aliphatic rings. The number of halogens is 4. The molecule has 0 aliphatic heterocycles. The summed E-state index contributed by atoms with van der Waals surface area (Å²) in [7, 11) is 0. The predicted molar refractivity (Wildman–Crippen MR) is 90.4 cm³/mol. The van der Waals surface area contributed by atoms with Crippen LogP contribution in [0.3, 0.4) is 0 Å². The molecular formula is C18H13ClF3N3. The van der Waals surface area contributed by atoms with Gasteiger partial charge in [-0.3, -0.25) is 4.98 Å². The summed E-state index contributed by atoms with van der Waals surface area (Å²) in [5, 5.41) is 3.67. The van der Waals surface area contributed by atoms with Crippen molar-refractivity contribution in [3.8, 4) is 0 Å². The number of pyridine rings is 2. The molecule has 128 valence electrons. The van der Waals surface area contributed by atoms with Gasteiger partial charge >= 0.3 is 6.18 Å². The maximum atomic E-state index is 12.7. The van der Waals surface area contributed by atoms with Crippen LogP contribution in [0.25, 0.3) is 0 Å². The van der Waals surface area contributed by atoms with Crippen LogP contribution in [-0.2, 0) is 6.18 Å². The highest BCUT2D eigenvalue weighted by molar-refractivity contribution is 6.30. The minimum atomic E-state index is -4.42. The molecule has 2 aromatic heterocycles. The summed E-state index contributed by atoms with van der Waals surface area (Å²) in [6.07, 6.45) is -1.97. The number of alkyl halides is 3. The third-order valence-electron chi connectivity index (χ3n) is 3.55. The van der Waals surface area contributed by atoms with Gasteiger partial charge in [-0.15, -0.1) is 0 Å². The second kappa shape index (κ2) is 7.11. The third kappa shape index (κ3) is 4.28. The number of aromatic nitrogens is 2. The van der Waals surface area contributed by atoms with Gasteiger partial charge in [0.1, 0.15) is 5.82 Å². The number of anilines is 1. The van der Waals surface area contributed by atoms with Gasteiger partial charge in [0.2, 0.25) is 0 Å². The van der Waals surface area contributed by atoms with Crippen LogP contribution >= 0.6 is 11.6 Å². The van der Waals surface area contributed by atoms with Gasteiger partial charge < -0.3 is 5.32 Å². The van der Waals surface area contributed by atoms with Crippen molar-refractivity contribution in [3.63, 3.8) is 0 Å². The van der Waals surface area contributed by atoms with Crippen LogP contribution in [0.15, 0.2) is 67.0 Å². The summed E-state index contributed by atoms with van der Waals surface area (Å²) in [6.45, 7) is 0. The number of hydrogen-bond acceptors (Lipinski definition) is 3. The summed E-state index contributed by atoms with van der Waals surface area (Å²) < 4.78 is 38.0. The van der Waals surface area contributed by atoms with Crippen molar-refractivity contribution >= 4 is 17.4 Å². The first-order valence-electron chi connectivity index (χ1n) is 7.39. The van der Waals surface area contributed by atoms with Crippen molar-refractivity contribution in [2.24, 2.45) is 0 Å². The van der Waals surface area contributed by atoms with Gasteiger partial charge in [0.05, 0.1) is 17.3 Å². The molecule has 1 unspecified atom stereocenters. The van der Waals surface area contributed by atoms with Gasteiger partial charge in [-0.05, 0) is 42.0 Å². The molecule has 3 aromatic rings. The van der Waals surface area contributed by atoms with Crippen LogP contribution in [0.5, 0.6) is 0 Å². The molecule has 0 fully saturated rings. The zero-order valence-electron chi connectivity index (χ0n) is 12.8. The predicted octanol–water partition coefficient (Wildman–Crippen LogP) is 5.35. The smallest absolute Gasteiger partial charge is 0.358 e. The Labute approximate surface area is 147 Å². The molecule has 2 heterocycles. The summed E-state index contributed by atoms with van der Waals surface area (Å²) in [4.78, 5) is 8.19. The number of rotatable bonds is 4. The lowest BCUT2D eigenvalue weighted by Crippen LogP contribution is -2.15. The molecule has 3 nitrogen and oxygen atoms in total. The molecule has 7 heteroatoms. The van der Waals surface area contributed by atoms with Gasteiger partial charge in [-0.2, -0.15) is 13.2 Å². The van der Waals surface area contributed by atoms with E-state index in [2.05, 4.69) is 15.3 Å². The zero-order chi connectivity index (χ0) is 17.9. The monoisotopic (exact) mass is 363 g/mol. The first-order valence-corrected chi connectivity index (χ1v) is 7.77. The molecule has 0 bridgehead atoms. The maximum Gasteiger partial charge on any atom is 0.417 e. The quantitative estimate of drug-likeness (QED) is 0.679. The van der Waals surface area contributed by atoms with E-state index in [0.29, 0.717) is 16.5 Å². The molecule has 0 saturated heterocycles. The number of nitrogens with zero attached hydrogens (tertiary/aromatic N) is 2. The first kappa shape index (κ1) is 17.2. The standard InChI is InChI=1S/C18H13ClF3N3/c19-14-5-3-4-12(10-14)17(15-6-1-2-9-23-15)25-16-8-7-13(11-24-16)18(20,21)22/h1-11,17H,(H,24,25). The fourth-order valence-electron chi connectivity index (χ4n) is 2.36. The molecule has 1 N–H and O–H groups in total. The Morgan fingerprint density at radius 1 is 0.960 bits per heavy atom. The fraction of sp³-hybridized carbons (Fsp3) is 0.111. The van der Waals surface area contributed by atoms with E-state index in [1.54, 1.807) is 30.5 Å². The lowest BCUT2D eigenvalue weighted by atomic mass is 10.0. The van der Waals surface area contributed by atoms with Gasteiger partial charge in [-0.1, -0.05) is 29.8 Å². The third-order valence-corrected chi connectivity index (χ3v) is 3.78. The van der Waals surface area contributed by atoms with Gasteiger partial charge in [0.25, 0.3) is 0 Å². The topological polar surface area (TPSA) is 37.8 Å². The lowest BCUT2D eigenvalue weighted by molar-refractivity contribution is -0.137. The maximum absolute atomic E-state index is 12.7. The highest BCUT2D eigenvalue weighted by atomic mass is 35.5. The summed E-state index contributed by atoms with van der Waals surface area (Å²) >= 11 is 6.06. The zero-order valence-corrected chi connectivity index (χ0v) is 13.6. The first-order chi connectivity index (χ1) is 11.9. The Morgan fingerprint density at radius 3 is 2.40 bits per heavy atom. The Hall–Kier alpha value is -2.60. The van der Waals surface area contributed by atoms with Crippen LogP contribution < -0.4 is 5.32 Å². The minimum Gasteiger partial charge on any atom is -0.358 e. The van der Waals surface area contributed by atoms with Crippen LogP contribution in [-0.4, -0.2) is 9.97 Å². The van der Waals surface area contributed by atoms with Gasteiger partial charge in [0, 0.05) is 17.4 Å². The number of hydrogen-bond donors (Lipinski definition) is 1. The molecule has 0 radical (unpaired) electrons. The van der Waals surface area contributed by atoms with E-state index in [0.717, 1.165) is 17.8 Å². The van der Waals surface area contributed by atoms with Crippen molar-refractivity contribution in [3.05, 3.63) is 88.8 Å². The van der Waals surface area contributed by atoms with Crippen molar-refractivity contribution < 1.29 is 13.2 Å². The van der Waals surface area contributed by atoms with Crippen LogP contribution in [0, 0.1) is 0 Å². The largest absolute Gasteiger partial charge is 0.417 e. The molecular weight excluding hydrogens is 351 g/mol. The second-order valence-electron chi connectivity index (χ2n) is 5.32. The molecule has 0 saturated carbocycles. The summed E-state index contributed by atoms with van der Waals surface area (Å²) in [5.74, 6) is 0.309. The molecule has 0 aliphatic carbocycles. The van der Waals surface area contributed by atoms with Gasteiger partial charge in [-0.25, -0.2) is 4.98 Å². The molecule has 1 atom stereocenters. The van der Waals surface area contributed by atoms with E-state index in [9.17, 15) is 13.2 Å². The van der Waals surface area contributed by atoms with E-state index in [1.165, 1.54) is 6.07 Å². The lowest BCUT2D eigenvalue weighted by Gasteiger charge is -2.20. The molecule has 25 heavy (non-hydrogen) atoms. The molecule has 0 spiro atoms. The Kier molecular flexibility index (Phi) is 4.90. The SMILES string of the molecule is FC(F)(F)c1ccc(NC(c2cccc(Cl)c2)c2ccccn2)nc1. The van der Waals surface area contributed by atoms with Crippen molar-refractivity contribution in [1.29, 1.82) is 0 Å². The van der Waals surface area contributed by atoms with Crippen LogP contribution in [0.2, 0.25) is 5.02 Å². The fourth-order valence-corrected chi connectivity index (χ4v) is 2.55. The Bertz CT molecular complexity index is 836. The van der Waals surface area contributed by atoms with E-state index in [4.69, 9.17) is 11.6 Å². The van der Waals surface area contributed by atoms with Crippen molar-refractivity contribution in [2.75, 3.05) is 5.32 Å². The van der Waals surface area contributed by atoms with E-state index < -0.39 is 17.8 Å². The average Bonchev–Trinajstić information content (AvgIpc) is 2.60. The van der Waals surface area contributed by atoms with Crippen LogP contribution in [0.4, 0.5) is 19.0 Å². The molecule has 0 amide bonds. The van der Waals surface area contributed by atoms with E-state index in [1.807, 2.05) is 18.2 Å². The normalized spacial score (nSPS) is 12.6. The molecule has 3 rings (SSSR count). The average molecular weight is 364 g/mol. The number of benzene rings is 1. The van der Waals surface area contributed by atoms with E-state index in [-0.39, 0.29) is 0 Å². The van der Waals surface area contributed by atoms with Crippen molar-refractivity contribution in [1.82, 2.24) is 9.97 Å². The van der Waals surface area contributed by atoms with Crippen molar-refractivity contribution in [2.45, 2.75) is 12.2 Å². The second-order valence-corrected chi connectivity index (χ2v) is 5.75. The highest BCUT2D eigenvalue weighted by Crippen LogP contribution is 2.30. The minimum absolute atomic E-state index is 0.309. The Balaban J connectivity index is 1.93. The van der Waals surface area contributed by atoms with E-state index >= 15 is 0 Å². The number of nitrogens with one attached hydrogen (secondary N) is 1. The van der Waals surface area contributed by atoms with Gasteiger partial charge in [0.15, 0.2) is 0 Å². The summed E-state index contributed by atoms with van der Waals surface area (Å²) in [6, 6.07) is 14.5.